The summed E-state index contributed by atoms with van der Waals surface area (Å²) in [5, 5.41) is 13.9. The van der Waals surface area contributed by atoms with Crippen LogP contribution >= 0.6 is 0 Å². The summed E-state index contributed by atoms with van der Waals surface area (Å²) in [6, 6.07) is 9.74. The van der Waals surface area contributed by atoms with Gasteiger partial charge in [0.25, 0.3) is 0 Å². The van der Waals surface area contributed by atoms with Gasteiger partial charge in [0.15, 0.2) is 0 Å². The topological polar surface area (TPSA) is 148 Å². The first kappa shape index (κ1) is 30.6. The lowest BCUT2D eigenvalue weighted by atomic mass is 9.97. The molecule has 2 amide bonds. The number of hydrogen-bond acceptors (Lipinski definition) is 9. The molecule has 12 nitrogen and oxygen atoms in total. The maximum atomic E-state index is 13.8. The summed E-state index contributed by atoms with van der Waals surface area (Å²) in [4.78, 5) is 38.1. The first-order valence-corrected chi connectivity index (χ1v) is 13.7. The van der Waals surface area contributed by atoms with E-state index in [4.69, 9.17) is 29.3 Å². The van der Waals surface area contributed by atoms with Crippen molar-refractivity contribution >= 4 is 23.5 Å². The average Bonchev–Trinajstić information content (AvgIpc) is 2.98. The zero-order chi connectivity index (χ0) is 29.7. The van der Waals surface area contributed by atoms with E-state index in [2.05, 4.69) is 15.6 Å². The number of anilines is 2. The highest BCUT2D eigenvalue weighted by atomic mass is 19.1. The quantitative estimate of drug-likeness (QED) is 0.240. The molecule has 0 saturated carbocycles. The fourth-order valence-electron chi connectivity index (χ4n) is 4.46. The van der Waals surface area contributed by atoms with Crippen molar-refractivity contribution in [2.45, 2.75) is 25.7 Å². The molecule has 0 bridgehead atoms. The number of halogens is 1. The van der Waals surface area contributed by atoms with Crippen LogP contribution in [0.25, 0.3) is 11.3 Å². The molecule has 3 heterocycles. The van der Waals surface area contributed by atoms with Crippen LogP contribution in [0.5, 0.6) is 5.75 Å². The third-order valence-electron chi connectivity index (χ3n) is 6.47. The zero-order valence-electron chi connectivity index (χ0n) is 23.4. The lowest BCUT2D eigenvalue weighted by molar-refractivity contribution is -0.130. The van der Waals surface area contributed by atoms with Gasteiger partial charge in [0.05, 0.1) is 38.3 Å². The number of nitrogens with zero attached hydrogens (tertiary/aromatic N) is 4. The molecule has 0 aliphatic carbocycles. The number of likely N-dealkylation sites (tertiary alicyclic amines) is 1. The summed E-state index contributed by atoms with van der Waals surface area (Å²) in [5.74, 6) is 1.24. The molecular formula is C29H35FN6O6. The number of pyridine rings is 1. The van der Waals surface area contributed by atoms with E-state index in [0.717, 1.165) is 12.8 Å². The number of nitrogens with one attached hydrogen (secondary N) is 2. The van der Waals surface area contributed by atoms with Crippen LogP contribution in [0.4, 0.5) is 20.7 Å². The van der Waals surface area contributed by atoms with Gasteiger partial charge in [0.2, 0.25) is 5.91 Å². The molecule has 1 aliphatic rings. The molecule has 0 spiro atoms. The minimum Gasteiger partial charge on any atom is -0.490 e. The van der Waals surface area contributed by atoms with E-state index in [1.54, 1.807) is 37.5 Å². The standard InChI is InChI=1S/C29H35FN6O6/c1-20(37)36-8-3-4-21(19-36)28-34-26(16-27(35-28)33-24-6-2-5-23(30)15-24)22-14-25(18-31-17-22)42-13-12-41-11-10-40-9-7-32-29(38)39/h2,5-6,14-18,21,32H,3-4,7-13,19H2,1H3,(H,38,39)(H,33,34,35). The van der Waals surface area contributed by atoms with E-state index in [1.165, 1.54) is 12.1 Å². The molecule has 42 heavy (non-hydrogen) atoms. The molecule has 1 aromatic carbocycles. The number of aromatic nitrogens is 3. The van der Waals surface area contributed by atoms with E-state index < -0.39 is 6.09 Å². The minimum atomic E-state index is -1.09. The lowest BCUT2D eigenvalue weighted by Crippen LogP contribution is -2.38. The zero-order valence-corrected chi connectivity index (χ0v) is 23.4. The number of ether oxygens (including phenoxy) is 3. The predicted octanol–water partition coefficient (Wildman–Crippen LogP) is 3.83. The van der Waals surface area contributed by atoms with Crippen molar-refractivity contribution in [2.24, 2.45) is 0 Å². The Balaban J connectivity index is 1.41. The fourth-order valence-corrected chi connectivity index (χ4v) is 4.46. The van der Waals surface area contributed by atoms with E-state index >= 15 is 0 Å². The van der Waals surface area contributed by atoms with Gasteiger partial charge in [0, 0.05) is 56.0 Å². The molecule has 1 saturated heterocycles. The number of carbonyl (C=O) groups is 2. The van der Waals surface area contributed by atoms with Gasteiger partial charge in [-0.05, 0) is 37.1 Å². The van der Waals surface area contributed by atoms with Gasteiger partial charge in [-0.3, -0.25) is 9.78 Å². The second-order valence-electron chi connectivity index (χ2n) is 9.65. The first-order valence-electron chi connectivity index (χ1n) is 13.7. The van der Waals surface area contributed by atoms with E-state index in [9.17, 15) is 14.0 Å². The number of piperidine rings is 1. The Hall–Kier alpha value is -4.36. The maximum absolute atomic E-state index is 13.8. The van der Waals surface area contributed by atoms with Crippen LogP contribution in [-0.2, 0) is 14.3 Å². The first-order chi connectivity index (χ1) is 20.4. The van der Waals surface area contributed by atoms with E-state index in [0.29, 0.717) is 67.2 Å². The number of amides is 2. The average molecular weight is 583 g/mol. The summed E-state index contributed by atoms with van der Waals surface area (Å²) in [6.07, 6.45) is 3.89. The summed E-state index contributed by atoms with van der Waals surface area (Å²) in [5.41, 5.74) is 1.88. The normalized spacial score (nSPS) is 14.8. The summed E-state index contributed by atoms with van der Waals surface area (Å²) < 4.78 is 30.4. The Kier molecular flexibility index (Phi) is 11.4. The highest BCUT2D eigenvalue weighted by molar-refractivity contribution is 5.73. The van der Waals surface area contributed by atoms with Gasteiger partial charge in [-0.25, -0.2) is 19.2 Å². The molecule has 3 N–H and O–H groups in total. The Labute approximate surface area is 243 Å². The van der Waals surface area contributed by atoms with Crippen LogP contribution in [0.3, 0.4) is 0 Å². The summed E-state index contributed by atoms with van der Waals surface area (Å²) in [6.45, 7) is 4.60. The number of carboxylic acid groups (broad SMARTS) is 1. The number of carbonyl (C=O) groups excluding carboxylic acids is 1. The van der Waals surface area contributed by atoms with Gasteiger partial charge in [-0.1, -0.05) is 6.07 Å². The Morgan fingerprint density at radius 2 is 1.88 bits per heavy atom. The van der Waals surface area contributed by atoms with E-state index in [1.807, 2.05) is 11.0 Å². The van der Waals surface area contributed by atoms with Crippen LogP contribution in [0, 0.1) is 5.82 Å². The van der Waals surface area contributed by atoms with Crippen molar-refractivity contribution in [3.8, 4) is 17.0 Å². The van der Waals surface area contributed by atoms with Crippen molar-refractivity contribution in [3.05, 3.63) is 60.4 Å². The second-order valence-corrected chi connectivity index (χ2v) is 9.65. The summed E-state index contributed by atoms with van der Waals surface area (Å²) >= 11 is 0. The highest BCUT2D eigenvalue weighted by Gasteiger charge is 2.26. The molecule has 1 unspecified atom stereocenters. The molecule has 13 heteroatoms. The second kappa shape index (κ2) is 15.6. The van der Waals surface area contributed by atoms with Crippen LogP contribution in [0.1, 0.15) is 31.5 Å². The van der Waals surface area contributed by atoms with Gasteiger partial charge in [0.1, 0.15) is 29.8 Å². The molecule has 1 fully saturated rings. The smallest absolute Gasteiger partial charge is 0.404 e. The lowest BCUT2D eigenvalue weighted by Gasteiger charge is -2.31. The van der Waals surface area contributed by atoms with Crippen molar-refractivity contribution in [1.82, 2.24) is 25.2 Å². The van der Waals surface area contributed by atoms with Crippen LogP contribution < -0.4 is 15.4 Å². The molecule has 1 atom stereocenters. The van der Waals surface area contributed by atoms with Gasteiger partial charge in [-0.2, -0.15) is 0 Å². The number of hydrogen-bond donors (Lipinski definition) is 3. The molecule has 3 aromatic rings. The third kappa shape index (κ3) is 9.63. The van der Waals surface area contributed by atoms with Crippen LogP contribution in [-0.4, -0.2) is 89.6 Å². The van der Waals surface area contributed by atoms with Crippen LogP contribution in [0.2, 0.25) is 0 Å². The Bertz CT molecular complexity index is 1350. The largest absolute Gasteiger partial charge is 0.490 e. The van der Waals surface area contributed by atoms with Crippen molar-refractivity contribution in [1.29, 1.82) is 0 Å². The monoisotopic (exact) mass is 582 g/mol. The fraction of sp³-hybridized carbons (Fsp3) is 0.414. The molecule has 0 radical (unpaired) electrons. The number of rotatable bonds is 14. The van der Waals surface area contributed by atoms with Crippen molar-refractivity contribution in [3.63, 3.8) is 0 Å². The predicted molar refractivity (Wildman–Crippen MR) is 152 cm³/mol. The van der Waals surface area contributed by atoms with Crippen molar-refractivity contribution < 1.29 is 33.3 Å². The summed E-state index contributed by atoms with van der Waals surface area (Å²) in [7, 11) is 0. The molecule has 2 aromatic heterocycles. The van der Waals surface area contributed by atoms with Gasteiger partial charge in [-0.15, -0.1) is 0 Å². The van der Waals surface area contributed by atoms with Gasteiger partial charge >= 0.3 is 6.09 Å². The molecule has 1 aliphatic heterocycles. The highest BCUT2D eigenvalue weighted by Crippen LogP contribution is 2.30. The van der Waals surface area contributed by atoms with Crippen LogP contribution in [0.15, 0.2) is 48.8 Å². The van der Waals surface area contributed by atoms with Gasteiger partial charge < -0.3 is 34.9 Å². The Morgan fingerprint density at radius 3 is 2.67 bits per heavy atom. The molecule has 224 valence electrons. The van der Waals surface area contributed by atoms with Crippen molar-refractivity contribution in [2.75, 3.05) is 58.0 Å². The third-order valence-corrected chi connectivity index (χ3v) is 6.47. The molecule has 4 rings (SSSR count). The Morgan fingerprint density at radius 1 is 1.07 bits per heavy atom. The number of benzene rings is 1. The SMILES string of the molecule is CC(=O)N1CCCC(c2nc(Nc3cccc(F)c3)cc(-c3cncc(OCCOCCOCCNC(=O)O)c3)n2)C1. The van der Waals surface area contributed by atoms with E-state index in [-0.39, 0.29) is 37.4 Å². The minimum absolute atomic E-state index is 0.0209. The maximum Gasteiger partial charge on any atom is 0.404 e. The molecular weight excluding hydrogens is 547 g/mol.